The third kappa shape index (κ3) is 6.09. The van der Waals surface area contributed by atoms with Gasteiger partial charge in [-0.3, -0.25) is 0 Å². The molecule has 0 saturated heterocycles. The molecule has 1 atom stereocenters. The van der Waals surface area contributed by atoms with Gasteiger partial charge in [0.2, 0.25) is 0 Å². The van der Waals surface area contributed by atoms with E-state index in [1.54, 1.807) is 6.92 Å². The zero-order valence-corrected chi connectivity index (χ0v) is 7.02. The highest BCUT2D eigenvalue weighted by atomic mass is 16.6. The Hall–Kier alpha value is -0.650. The van der Waals surface area contributed by atoms with Gasteiger partial charge in [-0.2, -0.15) is 0 Å². The molecule has 5 nitrogen and oxygen atoms in total. The Morgan fingerprint density at radius 1 is 1.58 bits per heavy atom. The van der Waals surface area contributed by atoms with Gasteiger partial charge >= 0.3 is 5.97 Å². The molecular weight excluding hydrogens is 164 g/mol. The van der Waals surface area contributed by atoms with Crippen molar-refractivity contribution in [3.63, 3.8) is 0 Å². The number of aliphatic hydroxyl groups excluding tert-OH is 2. The molecule has 0 heterocycles. The maximum atomic E-state index is 10.6. The van der Waals surface area contributed by atoms with Gasteiger partial charge in [0.1, 0.15) is 12.7 Å². The number of ether oxygens (including phenoxy) is 2. The number of aliphatic hydroxyl groups is 2. The molecule has 0 rings (SSSR count). The summed E-state index contributed by atoms with van der Waals surface area (Å²) in [4.78, 5) is 10.6. The summed E-state index contributed by atoms with van der Waals surface area (Å²) in [6.45, 7) is 1.38. The lowest BCUT2D eigenvalue weighted by atomic mass is 10.4. The predicted molar refractivity (Wildman–Crippen MR) is 40.5 cm³/mol. The number of rotatable bonds is 6. The van der Waals surface area contributed by atoms with E-state index in [0.29, 0.717) is 6.61 Å². The summed E-state index contributed by atoms with van der Waals surface area (Å²) < 4.78 is 9.27. The van der Waals surface area contributed by atoms with Gasteiger partial charge < -0.3 is 19.7 Å². The van der Waals surface area contributed by atoms with Crippen LogP contribution in [-0.4, -0.2) is 48.7 Å². The monoisotopic (exact) mass is 178 g/mol. The first-order valence-electron chi connectivity index (χ1n) is 3.73. The summed E-state index contributed by atoms with van der Waals surface area (Å²) in [5, 5.41) is 17.1. The second-order valence-electron chi connectivity index (χ2n) is 2.16. The van der Waals surface area contributed by atoms with E-state index in [1.165, 1.54) is 0 Å². The average Bonchev–Trinajstić information content (AvgIpc) is 2.04. The highest BCUT2D eigenvalue weighted by Gasteiger charge is 2.05. The van der Waals surface area contributed by atoms with Gasteiger partial charge in [-0.15, -0.1) is 0 Å². The van der Waals surface area contributed by atoms with Crippen LogP contribution in [0, 0.1) is 0 Å². The number of carbonyl (C=O) groups is 1. The Kier molecular flexibility index (Phi) is 6.64. The highest BCUT2D eigenvalue weighted by Crippen LogP contribution is 1.85. The molecule has 0 aromatic rings. The summed E-state index contributed by atoms with van der Waals surface area (Å²) in [7, 11) is 0. The zero-order chi connectivity index (χ0) is 9.40. The minimum Gasteiger partial charge on any atom is -0.464 e. The van der Waals surface area contributed by atoms with Crippen molar-refractivity contribution < 1.29 is 24.5 Å². The van der Waals surface area contributed by atoms with E-state index in [1.807, 2.05) is 0 Å². The number of hydrogen-bond donors (Lipinski definition) is 2. The van der Waals surface area contributed by atoms with E-state index in [4.69, 9.17) is 14.9 Å². The van der Waals surface area contributed by atoms with Crippen molar-refractivity contribution in [3.8, 4) is 0 Å². The van der Waals surface area contributed by atoms with E-state index in [0.717, 1.165) is 0 Å². The van der Waals surface area contributed by atoms with Crippen molar-refractivity contribution in [2.45, 2.75) is 13.0 Å². The van der Waals surface area contributed by atoms with Crippen LogP contribution >= 0.6 is 0 Å². The second-order valence-corrected chi connectivity index (χ2v) is 2.16. The summed E-state index contributed by atoms with van der Waals surface area (Å²) >= 11 is 0. The molecule has 0 amide bonds. The maximum Gasteiger partial charge on any atom is 0.332 e. The molecule has 2 N–H and O–H groups in total. The molecule has 0 aliphatic rings. The van der Waals surface area contributed by atoms with E-state index in [9.17, 15) is 4.79 Å². The van der Waals surface area contributed by atoms with Crippen molar-refractivity contribution in [1.29, 1.82) is 0 Å². The van der Waals surface area contributed by atoms with E-state index in [2.05, 4.69) is 4.74 Å². The first-order valence-corrected chi connectivity index (χ1v) is 3.73. The fourth-order valence-electron chi connectivity index (χ4n) is 0.534. The van der Waals surface area contributed by atoms with Crippen LogP contribution in [0.2, 0.25) is 0 Å². The Balaban J connectivity index is 3.24. The van der Waals surface area contributed by atoms with E-state index >= 15 is 0 Å². The van der Waals surface area contributed by atoms with Crippen LogP contribution in [0.5, 0.6) is 0 Å². The first kappa shape index (κ1) is 11.4. The molecule has 5 heteroatoms. The number of hydrogen-bond acceptors (Lipinski definition) is 5. The van der Waals surface area contributed by atoms with Crippen LogP contribution in [-0.2, 0) is 14.3 Å². The lowest BCUT2D eigenvalue weighted by Gasteiger charge is -2.07. The van der Waals surface area contributed by atoms with Gasteiger partial charge in [-0.25, -0.2) is 4.79 Å². The van der Waals surface area contributed by atoms with Gasteiger partial charge in [0, 0.05) is 0 Å². The lowest BCUT2D eigenvalue weighted by molar-refractivity contribution is -0.149. The Labute approximate surface area is 70.9 Å². The molecule has 12 heavy (non-hydrogen) atoms. The molecule has 0 aliphatic heterocycles. The topological polar surface area (TPSA) is 76.0 Å². The minimum absolute atomic E-state index is 0.0602. The van der Waals surface area contributed by atoms with Crippen LogP contribution < -0.4 is 0 Å². The molecule has 0 aliphatic carbocycles. The molecule has 0 radical (unpaired) electrons. The summed E-state index contributed by atoms with van der Waals surface area (Å²) in [5.74, 6) is -0.470. The Morgan fingerprint density at radius 2 is 2.25 bits per heavy atom. The SMILES string of the molecule is CCOC(=O)COCC(O)CO. The van der Waals surface area contributed by atoms with Crippen molar-refractivity contribution in [3.05, 3.63) is 0 Å². The third-order valence-electron chi connectivity index (χ3n) is 1.05. The van der Waals surface area contributed by atoms with Gasteiger partial charge in [-0.1, -0.05) is 0 Å². The van der Waals surface area contributed by atoms with Gasteiger partial charge in [0.25, 0.3) is 0 Å². The molecule has 0 aromatic heterocycles. The Morgan fingerprint density at radius 3 is 2.75 bits per heavy atom. The fraction of sp³-hybridized carbons (Fsp3) is 0.857. The molecule has 0 bridgehead atoms. The van der Waals surface area contributed by atoms with Crippen LogP contribution in [0.4, 0.5) is 0 Å². The highest BCUT2D eigenvalue weighted by molar-refractivity contribution is 5.70. The first-order chi connectivity index (χ1) is 5.70. The average molecular weight is 178 g/mol. The smallest absolute Gasteiger partial charge is 0.332 e. The predicted octanol–water partition coefficient (Wildman–Crippen LogP) is -1.08. The molecular formula is C7H14O5. The van der Waals surface area contributed by atoms with Crippen molar-refractivity contribution in [2.75, 3.05) is 26.4 Å². The molecule has 0 spiro atoms. The normalized spacial score (nSPS) is 12.6. The second kappa shape index (κ2) is 7.02. The molecule has 72 valence electrons. The third-order valence-corrected chi connectivity index (χ3v) is 1.05. The van der Waals surface area contributed by atoms with Crippen LogP contribution in [0.15, 0.2) is 0 Å². The fourth-order valence-corrected chi connectivity index (χ4v) is 0.534. The molecule has 1 unspecified atom stereocenters. The van der Waals surface area contributed by atoms with Gasteiger partial charge in [0.15, 0.2) is 0 Å². The molecule has 0 fully saturated rings. The summed E-state index contributed by atoms with van der Waals surface area (Å²) in [6, 6.07) is 0. The van der Waals surface area contributed by atoms with Crippen LogP contribution in [0.25, 0.3) is 0 Å². The number of carbonyl (C=O) groups excluding carboxylic acids is 1. The molecule has 0 saturated carbocycles. The van der Waals surface area contributed by atoms with Crippen LogP contribution in [0.1, 0.15) is 6.92 Å². The van der Waals surface area contributed by atoms with Crippen molar-refractivity contribution in [2.24, 2.45) is 0 Å². The van der Waals surface area contributed by atoms with E-state index < -0.39 is 12.1 Å². The summed E-state index contributed by atoms with van der Waals surface area (Å²) in [5.41, 5.74) is 0. The van der Waals surface area contributed by atoms with Gasteiger partial charge in [-0.05, 0) is 6.92 Å². The maximum absolute atomic E-state index is 10.6. The standard InChI is InChI=1S/C7H14O5/c1-2-12-7(10)5-11-4-6(9)3-8/h6,8-9H,2-5H2,1H3. The van der Waals surface area contributed by atoms with Crippen molar-refractivity contribution in [1.82, 2.24) is 0 Å². The lowest BCUT2D eigenvalue weighted by Crippen LogP contribution is -2.22. The zero-order valence-electron chi connectivity index (χ0n) is 7.02. The number of esters is 1. The Bertz CT molecular complexity index is 125. The summed E-state index contributed by atoms with van der Waals surface area (Å²) in [6.07, 6.45) is -0.931. The largest absolute Gasteiger partial charge is 0.464 e. The van der Waals surface area contributed by atoms with E-state index in [-0.39, 0.29) is 19.8 Å². The van der Waals surface area contributed by atoms with Crippen LogP contribution in [0.3, 0.4) is 0 Å². The minimum atomic E-state index is -0.931. The quantitative estimate of drug-likeness (QED) is 0.506. The van der Waals surface area contributed by atoms with Gasteiger partial charge in [0.05, 0.1) is 19.8 Å². The molecule has 0 aromatic carbocycles. The van der Waals surface area contributed by atoms with Crippen molar-refractivity contribution >= 4 is 5.97 Å².